The van der Waals surface area contributed by atoms with Crippen molar-refractivity contribution in [1.82, 2.24) is 0 Å². The van der Waals surface area contributed by atoms with Crippen molar-refractivity contribution in [3.05, 3.63) is 53.6 Å². The number of nitriles is 1. The van der Waals surface area contributed by atoms with Crippen molar-refractivity contribution in [2.24, 2.45) is 0 Å². The maximum atomic E-state index is 9.11. The van der Waals surface area contributed by atoms with E-state index in [0.29, 0.717) is 17.7 Å². The second-order valence-corrected chi connectivity index (χ2v) is 4.40. The van der Waals surface area contributed by atoms with E-state index in [2.05, 4.69) is 6.07 Å². The SMILES string of the molecule is N#Cc1ccccc1-c1ccc(CCCO)c(N)c1. The quantitative estimate of drug-likeness (QED) is 0.822. The van der Waals surface area contributed by atoms with E-state index in [9.17, 15) is 0 Å². The van der Waals surface area contributed by atoms with Crippen LogP contribution < -0.4 is 5.73 Å². The minimum Gasteiger partial charge on any atom is -0.398 e. The zero-order valence-electron chi connectivity index (χ0n) is 10.6. The fourth-order valence-corrected chi connectivity index (χ4v) is 2.09. The van der Waals surface area contributed by atoms with Crippen LogP contribution in [-0.4, -0.2) is 11.7 Å². The van der Waals surface area contributed by atoms with Gasteiger partial charge in [-0.3, -0.25) is 0 Å². The molecule has 0 unspecified atom stereocenters. The van der Waals surface area contributed by atoms with E-state index >= 15 is 0 Å². The van der Waals surface area contributed by atoms with Gasteiger partial charge in [0.2, 0.25) is 0 Å². The number of benzene rings is 2. The average Bonchev–Trinajstić information content (AvgIpc) is 2.46. The molecule has 3 heteroatoms. The predicted octanol–water partition coefficient (Wildman–Crippen LogP) is 2.73. The summed E-state index contributed by atoms with van der Waals surface area (Å²) in [6.45, 7) is 0.165. The van der Waals surface area contributed by atoms with Gasteiger partial charge in [0.1, 0.15) is 0 Å². The van der Waals surface area contributed by atoms with Crippen molar-refractivity contribution in [2.45, 2.75) is 12.8 Å². The molecule has 19 heavy (non-hydrogen) atoms. The van der Waals surface area contributed by atoms with Gasteiger partial charge in [-0.05, 0) is 41.7 Å². The van der Waals surface area contributed by atoms with Gasteiger partial charge in [0.25, 0.3) is 0 Å². The van der Waals surface area contributed by atoms with Gasteiger partial charge in [-0.2, -0.15) is 5.26 Å². The van der Waals surface area contributed by atoms with Gasteiger partial charge in [-0.25, -0.2) is 0 Å². The Morgan fingerprint density at radius 2 is 1.95 bits per heavy atom. The molecule has 2 aromatic rings. The van der Waals surface area contributed by atoms with Crippen molar-refractivity contribution in [2.75, 3.05) is 12.3 Å². The van der Waals surface area contributed by atoms with Crippen LogP contribution in [0.3, 0.4) is 0 Å². The van der Waals surface area contributed by atoms with Crippen LogP contribution in [0.15, 0.2) is 42.5 Å². The van der Waals surface area contributed by atoms with Crippen molar-refractivity contribution in [3.8, 4) is 17.2 Å². The summed E-state index contributed by atoms with van der Waals surface area (Å²) in [7, 11) is 0. The molecular formula is C16H16N2O. The van der Waals surface area contributed by atoms with Crippen molar-refractivity contribution < 1.29 is 5.11 Å². The molecule has 0 bridgehead atoms. The van der Waals surface area contributed by atoms with E-state index in [1.54, 1.807) is 6.07 Å². The first-order valence-electron chi connectivity index (χ1n) is 6.25. The van der Waals surface area contributed by atoms with E-state index in [1.165, 1.54) is 0 Å². The number of rotatable bonds is 4. The number of nitrogens with two attached hydrogens (primary N) is 1. The number of nitrogen functional groups attached to an aromatic ring is 1. The van der Waals surface area contributed by atoms with Crippen molar-refractivity contribution in [1.29, 1.82) is 5.26 Å². The summed E-state index contributed by atoms with van der Waals surface area (Å²) in [5, 5.41) is 18.0. The van der Waals surface area contributed by atoms with Crippen molar-refractivity contribution >= 4 is 5.69 Å². The van der Waals surface area contributed by atoms with Gasteiger partial charge >= 0.3 is 0 Å². The molecule has 0 atom stereocenters. The zero-order valence-corrected chi connectivity index (χ0v) is 10.6. The third-order valence-corrected chi connectivity index (χ3v) is 3.11. The summed E-state index contributed by atoms with van der Waals surface area (Å²) < 4.78 is 0. The lowest BCUT2D eigenvalue weighted by Gasteiger charge is -2.09. The van der Waals surface area contributed by atoms with Crippen LogP contribution in [0, 0.1) is 11.3 Å². The fraction of sp³-hybridized carbons (Fsp3) is 0.188. The molecule has 3 nitrogen and oxygen atoms in total. The molecule has 96 valence electrons. The van der Waals surface area contributed by atoms with Gasteiger partial charge in [-0.15, -0.1) is 0 Å². The monoisotopic (exact) mass is 252 g/mol. The highest BCUT2D eigenvalue weighted by molar-refractivity contribution is 5.73. The lowest BCUT2D eigenvalue weighted by atomic mass is 9.97. The number of nitrogens with zero attached hydrogens (tertiary/aromatic N) is 1. The Kier molecular flexibility index (Phi) is 4.17. The number of aliphatic hydroxyl groups excluding tert-OH is 1. The Morgan fingerprint density at radius 1 is 1.16 bits per heavy atom. The van der Waals surface area contributed by atoms with Gasteiger partial charge < -0.3 is 10.8 Å². The minimum absolute atomic E-state index is 0.165. The molecule has 0 aliphatic heterocycles. The first-order chi connectivity index (χ1) is 9.26. The second-order valence-electron chi connectivity index (χ2n) is 4.40. The summed E-state index contributed by atoms with van der Waals surface area (Å²) in [6.07, 6.45) is 1.47. The van der Waals surface area contributed by atoms with E-state index in [4.69, 9.17) is 16.1 Å². The minimum atomic E-state index is 0.165. The highest BCUT2D eigenvalue weighted by atomic mass is 16.2. The fourth-order valence-electron chi connectivity index (χ4n) is 2.09. The molecule has 0 saturated carbocycles. The van der Waals surface area contributed by atoms with Gasteiger partial charge in [0, 0.05) is 12.3 Å². The van der Waals surface area contributed by atoms with E-state index < -0.39 is 0 Å². The molecular weight excluding hydrogens is 236 g/mol. The zero-order chi connectivity index (χ0) is 13.7. The standard InChI is InChI=1S/C16H16N2O/c17-11-14-4-1-2-6-15(14)13-8-7-12(5-3-9-19)16(18)10-13/h1-2,4,6-8,10,19H,3,5,9,18H2. The molecule has 2 aromatic carbocycles. The molecule has 0 radical (unpaired) electrons. The maximum Gasteiger partial charge on any atom is 0.0998 e. The molecule has 0 heterocycles. The lowest BCUT2D eigenvalue weighted by Crippen LogP contribution is -1.97. The Balaban J connectivity index is 2.37. The van der Waals surface area contributed by atoms with Gasteiger partial charge in [0.15, 0.2) is 0 Å². The summed E-state index contributed by atoms with van der Waals surface area (Å²) in [4.78, 5) is 0. The third kappa shape index (κ3) is 2.93. The summed E-state index contributed by atoms with van der Waals surface area (Å²) >= 11 is 0. The normalized spacial score (nSPS) is 10.1. The van der Waals surface area contributed by atoms with Crippen LogP contribution >= 0.6 is 0 Å². The smallest absolute Gasteiger partial charge is 0.0998 e. The summed E-state index contributed by atoms with van der Waals surface area (Å²) in [6, 6.07) is 15.5. The maximum absolute atomic E-state index is 9.11. The van der Waals surface area contributed by atoms with Gasteiger partial charge in [-0.1, -0.05) is 30.3 Å². The van der Waals surface area contributed by atoms with Crippen LogP contribution in [0.2, 0.25) is 0 Å². The molecule has 0 amide bonds. The number of hydrogen-bond acceptors (Lipinski definition) is 3. The lowest BCUT2D eigenvalue weighted by molar-refractivity contribution is 0.288. The molecule has 0 aliphatic rings. The number of aliphatic hydroxyl groups is 1. The predicted molar refractivity (Wildman–Crippen MR) is 76.4 cm³/mol. The van der Waals surface area contributed by atoms with Crippen LogP contribution in [0.5, 0.6) is 0 Å². The molecule has 3 N–H and O–H groups in total. The topological polar surface area (TPSA) is 70.0 Å². The van der Waals surface area contributed by atoms with Crippen LogP contribution in [-0.2, 0) is 6.42 Å². The van der Waals surface area contributed by atoms with Gasteiger partial charge in [0.05, 0.1) is 11.6 Å². The summed E-state index contributed by atoms with van der Waals surface area (Å²) in [5.74, 6) is 0. The van der Waals surface area contributed by atoms with E-state index in [-0.39, 0.29) is 6.61 Å². The first-order valence-corrected chi connectivity index (χ1v) is 6.25. The Labute approximate surface area is 112 Å². The second kappa shape index (κ2) is 6.03. The molecule has 0 fully saturated rings. The number of anilines is 1. The van der Waals surface area contributed by atoms with E-state index in [0.717, 1.165) is 23.1 Å². The largest absolute Gasteiger partial charge is 0.398 e. The van der Waals surface area contributed by atoms with E-state index in [1.807, 2.05) is 36.4 Å². The average molecular weight is 252 g/mol. The van der Waals surface area contributed by atoms with Crippen LogP contribution in [0.25, 0.3) is 11.1 Å². The Hall–Kier alpha value is -2.31. The molecule has 0 saturated heterocycles. The van der Waals surface area contributed by atoms with Crippen LogP contribution in [0.1, 0.15) is 17.5 Å². The molecule has 0 aromatic heterocycles. The third-order valence-electron chi connectivity index (χ3n) is 3.11. The Bertz CT molecular complexity index is 614. The molecule has 0 spiro atoms. The van der Waals surface area contributed by atoms with Crippen molar-refractivity contribution in [3.63, 3.8) is 0 Å². The highest BCUT2D eigenvalue weighted by Crippen LogP contribution is 2.27. The molecule has 0 aliphatic carbocycles. The Morgan fingerprint density at radius 3 is 2.63 bits per heavy atom. The van der Waals surface area contributed by atoms with Crippen LogP contribution in [0.4, 0.5) is 5.69 Å². The molecule has 2 rings (SSSR count). The number of hydrogen-bond donors (Lipinski definition) is 2. The summed E-state index contributed by atoms with van der Waals surface area (Å²) in [5.41, 5.74) is 10.3. The highest BCUT2D eigenvalue weighted by Gasteiger charge is 2.06. The first kappa shape index (κ1) is 13.1. The number of aryl methyl sites for hydroxylation is 1.